The molecular formula is C15H18FN3O3. The number of hydrogen-bond donors (Lipinski definition) is 3. The first-order chi connectivity index (χ1) is 10.5. The molecular weight excluding hydrogens is 289 g/mol. The highest BCUT2D eigenvalue weighted by atomic mass is 19.1. The second-order valence-electron chi connectivity index (χ2n) is 4.90. The molecule has 0 aliphatic heterocycles. The van der Waals surface area contributed by atoms with Crippen molar-refractivity contribution >= 4 is 28.6 Å². The molecule has 0 fully saturated rings. The molecule has 0 bridgehead atoms. The fourth-order valence-electron chi connectivity index (χ4n) is 2.10. The van der Waals surface area contributed by atoms with Crippen LogP contribution in [-0.2, 0) is 0 Å². The number of rotatable bonds is 6. The van der Waals surface area contributed by atoms with Crippen molar-refractivity contribution in [1.82, 2.24) is 5.32 Å². The first-order valence-electron chi connectivity index (χ1n) is 7.09. The van der Waals surface area contributed by atoms with Crippen molar-refractivity contribution in [3.8, 4) is 0 Å². The van der Waals surface area contributed by atoms with Crippen molar-refractivity contribution in [2.75, 3.05) is 11.9 Å². The minimum Gasteiger partial charge on any atom is -0.449 e. The number of carbonyl (C=O) groups excluding carboxylic acids is 2. The van der Waals surface area contributed by atoms with Gasteiger partial charge in [-0.25, -0.2) is 9.18 Å². The standard InChI is InChI=1S/C15H18FN3O3/c1-2-3-4-7-18-15(21)19-12-10-8-9(16)5-6-11(10)22-13(12)14(17)20/h5-6,8H,2-4,7H2,1H3,(H2,17,20)(H2,18,19,21). The fraction of sp³-hybridized carbons (Fsp3) is 0.333. The molecule has 1 aromatic carbocycles. The molecule has 6 nitrogen and oxygen atoms in total. The van der Waals surface area contributed by atoms with E-state index in [2.05, 4.69) is 17.6 Å². The average Bonchev–Trinajstić information content (AvgIpc) is 2.82. The number of anilines is 1. The molecule has 0 radical (unpaired) electrons. The quantitative estimate of drug-likeness (QED) is 0.716. The second kappa shape index (κ2) is 6.93. The lowest BCUT2D eigenvalue weighted by atomic mass is 10.2. The van der Waals surface area contributed by atoms with E-state index in [0.717, 1.165) is 19.3 Å². The van der Waals surface area contributed by atoms with Gasteiger partial charge in [0.25, 0.3) is 5.91 Å². The molecule has 0 aliphatic rings. The highest BCUT2D eigenvalue weighted by molar-refractivity contribution is 6.10. The molecule has 118 valence electrons. The largest absolute Gasteiger partial charge is 0.449 e. The van der Waals surface area contributed by atoms with Crippen LogP contribution in [0.3, 0.4) is 0 Å². The maximum atomic E-state index is 13.4. The third-order valence-electron chi connectivity index (χ3n) is 3.18. The zero-order valence-corrected chi connectivity index (χ0v) is 12.2. The van der Waals surface area contributed by atoms with Crippen LogP contribution in [0.2, 0.25) is 0 Å². The summed E-state index contributed by atoms with van der Waals surface area (Å²) in [5, 5.41) is 5.46. The number of nitrogens with two attached hydrogens (primary N) is 1. The number of furan rings is 1. The molecule has 0 atom stereocenters. The monoisotopic (exact) mass is 307 g/mol. The van der Waals surface area contributed by atoms with Gasteiger partial charge in [0.2, 0.25) is 5.76 Å². The summed E-state index contributed by atoms with van der Waals surface area (Å²) in [5.41, 5.74) is 5.59. The molecule has 2 aromatic rings. The van der Waals surface area contributed by atoms with Gasteiger partial charge < -0.3 is 20.8 Å². The summed E-state index contributed by atoms with van der Waals surface area (Å²) in [6.07, 6.45) is 2.90. The molecule has 1 aromatic heterocycles. The molecule has 1 heterocycles. The minimum atomic E-state index is -0.835. The molecule has 0 unspecified atom stereocenters. The lowest BCUT2D eigenvalue weighted by Crippen LogP contribution is -2.30. The van der Waals surface area contributed by atoms with E-state index < -0.39 is 17.8 Å². The molecule has 0 spiro atoms. The van der Waals surface area contributed by atoms with E-state index in [1.54, 1.807) is 0 Å². The predicted octanol–water partition coefficient (Wildman–Crippen LogP) is 2.98. The minimum absolute atomic E-state index is 0.0787. The van der Waals surface area contributed by atoms with Crippen LogP contribution in [0, 0.1) is 5.82 Å². The highest BCUT2D eigenvalue weighted by Gasteiger charge is 2.20. The molecule has 4 N–H and O–H groups in total. The van der Waals surface area contributed by atoms with Gasteiger partial charge in [0.15, 0.2) is 0 Å². The number of amides is 3. The summed E-state index contributed by atoms with van der Waals surface area (Å²) >= 11 is 0. The fourth-order valence-corrected chi connectivity index (χ4v) is 2.10. The van der Waals surface area contributed by atoms with Gasteiger partial charge in [0.05, 0.1) is 0 Å². The summed E-state index contributed by atoms with van der Waals surface area (Å²) in [4.78, 5) is 23.3. The Hall–Kier alpha value is -2.57. The van der Waals surface area contributed by atoms with Crippen LogP contribution in [0.15, 0.2) is 22.6 Å². The number of benzene rings is 1. The van der Waals surface area contributed by atoms with Crippen molar-refractivity contribution in [1.29, 1.82) is 0 Å². The van der Waals surface area contributed by atoms with Crippen LogP contribution in [0.25, 0.3) is 11.0 Å². The number of hydrogen-bond acceptors (Lipinski definition) is 3. The Kier molecular flexibility index (Phi) is 4.98. The van der Waals surface area contributed by atoms with E-state index >= 15 is 0 Å². The Balaban J connectivity index is 2.21. The van der Waals surface area contributed by atoms with Crippen LogP contribution >= 0.6 is 0 Å². The predicted molar refractivity (Wildman–Crippen MR) is 81.2 cm³/mol. The third kappa shape index (κ3) is 3.55. The smallest absolute Gasteiger partial charge is 0.319 e. The number of fused-ring (bicyclic) bond motifs is 1. The summed E-state index contributed by atoms with van der Waals surface area (Å²) < 4.78 is 18.6. The van der Waals surface area contributed by atoms with E-state index in [9.17, 15) is 14.0 Å². The maximum Gasteiger partial charge on any atom is 0.319 e. The molecule has 3 amide bonds. The normalized spacial score (nSPS) is 10.6. The SMILES string of the molecule is CCCCCNC(=O)Nc1c(C(N)=O)oc2ccc(F)cc12. The van der Waals surface area contributed by atoms with Crippen molar-refractivity contribution in [2.24, 2.45) is 5.73 Å². The van der Waals surface area contributed by atoms with Crippen molar-refractivity contribution < 1.29 is 18.4 Å². The van der Waals surface area contributed by atoms with E-state index in [4.69, 9.17) is 10.2 Å². The number of unbranched alkanes of at least 4 members (excludes halogenated alkanes) is 2. The summed E-state index contributed by atoms with van der Waals surface area (Å²) in [5.74, 6) is -1.54. The lowest BCUT2D eigenvalue weighted by Gasteiger charge is -2.07. The summed E-state index contributed by atoms with van der Waals surface area (Å²) in [6.45, 7) is 2.57. The zero-order valence-electron chi connectivity index (χ0n) is 12.2. The molecule has 0 aliphatic carbocycles. The Morgan fingerprint density at radius 3 is 2.77 bits per heavy atom. The van der Waals surface area contributed by atoms with Gasteiger partial charge in [-0.1, -0.05) is 19.8 Å². The van der Waals surface area contributed by atoms with Crippen molar-refractivity contribution in [2.45, 2.75) is 26.2 Å². The van der Waals surface area contributed by atoms with Crippen LogP contribution in [0.1, 0.15) is 36.7 Å². The molecule has 7 heteroatoms. The summed E-state index contributed by atoms with van der Waals surface area (Å²) in [6, 6.07) is 3.26. The Bertz CT molecular complexity index is 697. The van der Waals surface area contributed by atoms with Crippen molar-refractivity contribution in [3.05, 3.63) is 29.8 Å². The second-order valence-corrected chi connectivity index (χ2v) is 4.90. The molecule has 2 rings (SSSR count). The number of halogens is 1. The van der Waals surface area contributed by atoms with Gasteiger partial charge >= 0.3 is 6.03 Å². The van der Waals surface area contributed by atoms with Gasteiger partial charge in [-0.3, -0.25) is 4.79 Å². The van der Waals surface area contributed by atoms with Gasteiger partial charge in [0.1, 0.15) is 17.1 Å². The van der Waals surface area contributed by atoms with Gasteiger partial charge in [-0.15, -0.1) is 0 Å². The number of urea groups is 1. The number of carbonyl (C=O) groups is 2. The van der Waals surface area contributed by atoms with Gasteiger partial charge in [-0.2, -0.15) is 0 Å². The number of nitrogens with one attached hydrogen (secondary N) is 2. The average molecular weight is 307 g/mol. The van der Waals surface area contributed by atoms with E-state index in [1.165, 1.54) is 18.2 Å². The summed E-state index contributed by atoms with van der Waals surface area (Å²) in [7, 11) is 0. The topological polar surface area (TPSA) is 97.4 Å². The van der Waals surface area contributed by atoms with E-state index in [1.807, 2.05) is 0 Å². The molecule has 0 saturated heterocycles. The maximum absolute atomic E-state index is 13.4. The number of primary amides is 1. The third-order valence-corrected chi connectivity index (χ3v) is 3.18. The Morgan fingerprint density at radius 1 is 1.32 bits per heavy atom. The van der Waals surface area contributed by atoms with Crippen LogP contribution in [0.4, 0.5) is 14.9 Å². The highest BCUT2D eigenvalue weighted by Crippen LogP contribution is 2.31. The van der Waals surface area contributed by atoms with Crippen LogP contribution in [0.5, 0.6) is 0 Å². The van der Waals surface area contributed by atoms with E-state index in [-0.39, 0.29) is 22.4 Å². The first-order valence-corrected chi connectivity index (χ1v) is 7.09. The Labute approximate surface area is 126 Å². The lowest BCUT2D eigenvalue weighted by molar-refractivity contribution is 0.0977. The van der Waals surface area contributed by atoms with Gasteiger partial charge in [0, 0.05) is 11.9 Å². The molecule has 22 heavy (non-hydrogen) atoms. The van der Waals surface area contributed by atoms with Gasteiger partial charge in [-0.05, 0) is 24.6 Å². The molecule has 0 saturated carbocycles. The Morgan fingerprint density at radius 2 is 2.09 bits per heavy atom. The van der Waals surface area contributed by atoms with Crippen molar-refractivity contribution in [3.63, 3.8) is 0 Å². The van der Waals surface area contributed by atoms with E-state index in [0.29, 0.717) is 6.54 Å². The zero-order chi connectivity index (χ0) is 16.1. The van der Waals surface area contributed by atoms with Crippen LogP contribution in [-0.4, -0.2) is 18.5 Å². The first kappa shape index (κ1) is 15.8. The van der Waals surface area contributed by atoms with Crippen LogP contribution < -0.4 is 16.4 Å².